The lowest BCUT2D eigenvalue weighted by Gasteiger charge is -2.64. The van der Waals surface area contributed by atoms with Crippen molar-refractivity contribution in [2.45, 2.75) is 135 Å². The molecule has 1 aromatic carbocycles. The van der Waals surface area contributed by atoms with Gasteiger partial charge in [-0.05, 0) is 117 Å². The van der Waals surface area contributed by atoms with Gasteiger partial charge >= 0.3 is 0 Å². The highest BCUT2D eigenvalue weighted by molar-refractivity contribution is 7.86. The normalized spacial score (nSPS) is 41.1. The smallest absolute Gasteiger partial charge is 0.297 e. The minimum Gasteiger partial charge on any atom is -0.389 e. The van der Waals surface area contributed by atoms with Gasteiger partial charge in [0, 0.05) is 6.42 Å². The van der Waals surface area contributed by atoms with Crippen LogP contribution in [-0.4, -0.2) is 25.2 Å². The van der Waals surface area contributed by atoms with E-state index in [0.717, 1.165) is 48.5 Å². The number of hydrogen-bond acceptors (Lipinski definition) is 4. The third-order valence-corrected chi connectivity index (χ3v) is 13.9. The Bertz CT molecular complexity index is 1110. The number of fused-ring (bicyclic) bond motifs is 5. The van der Waals surface area contributed by atoms with Crippen LogP contribution in [-0.2, 0) is 14.3 Å². The molecule has 9 atom stereocenters. The van der Waals surface area contributed by atoms with Gasteiger partial charge in [0.2, 0.25) is 0 Å². The molecule has 0 amide bonds. The lowest BCUT2D eigenvalue weighted by molar-refractivity contribution is -0.217. The van der Waals surface area contributed by atoms with Crippen molar-refractivity contribution in [1.29, 1.82) is 0 Å². The fourth-order valence-electron chi connectivity index (χ4n) is 10.3. The monoisotopic (exact) mass is 558 g/mol. The highest BCUT2D eigenvalue weighted by Crippen LogP contribution is 2.69. The molecular weight excluding hydrogens is 504 g/mol. The zero-order valence-electron chi connectivity index (χ0n) is 25.4. The quantitative estimate of drug-likeness (QED) is 0.326. The Morgan fingerprint density at radius 2 is 1.64 bits per heavy atom. The van der Waals surface area contributed by atoms with Crippen LogP contribution < -0.4 is 0 Å². The van der Waals surface area contributed by atoms with Crippen LogP contribution in [0.3, 0.4) is 0 Å². The van der Waals surface area contributed by atoms with E-state index in [1.807, 2.05) is 6.92 Å². The van der Waals surface area contributed by atoms with Gasteiger partial charge in [-0.25, -0.2) is 0 Å². The molecule has 0 aromatic heterocycles. The minimum absolute atomic E-state index is 0.161. The molecule has 5 heteroatoms. The second kappa shape index (κ2) is 10.7. The van der Waals surface area contributed by atoms with Gasteiger partial charge in [0.1, 0.15) is 0 Å². The number of hydrogen-bond donors (Lipinski definition) is 1. The molecule has 0 radical (unpaired) electrons. The third-order valence-electron chi connectivity index (χ3n) is 12.5. The van der Waals surface area contributed by atoms with E-state index >= 15 is 0 Å². The van der Waals surface area contributed by atoms with Gasteiger partial charge in [0.15, 0.2) is 0 Å². The summed E-state index contributed by atoms with van der Waals surface area (Å²) >= 11 is 0. The molecule has 1 aromatic rings. The molecule has 4 aliphatic rings. The highest BCUT2D eigenvalue weighted by Gasteiger charge is 2.65. The third kappa shape index (κ3) is 5.27. The Hall–Kier alpha value is -0.910. The zero-order valence-corrected chi connectivity index (χ0v) is 26.2. The molecule has 0 heterocycles. The molecule has 0 spiro atoms. The van der Waals surface area contributed by atoms with Crippen molar-refractivity contribution in [2.75, 3.05) is 0 Å². The Morgan fingerprint density at radius 3 is 2.33 bits per heavy atom. The lowest BCUT2D eigenvalue weighted by atomic mass is 9.43. The van der Waals surface area contributed by atoms with Crippen molar-refractivity contribution in [3.05, 3.63) is 29.8 Å². The number of aryl methyl sites for hydroxylation is 1. The van der Waals surface area contributed by atoms with E-state index in [9.17, 15) is 13.5 Å². The van der Waals surface area contributed by atoms with E-state index in [4.69, 9.17) is 4.18 Å². The summed E-state index contributed by atoms with van der Waals surface area (Å²) in [5.41, 5.74) is 0.444. The van der Waals surface area contributed by atoms with Crippen LogP contribution in [0.4, 0.5) is 0 Å². The maximum Gasteiger partial charge on any atom is 0.297 e. The average molecular weight is 559 g/mol. The van der Waals surface area contributed by atoms with Crippen molar-refractivity contribution in [1.82, 2.24) is 0 Å². The number of rotatable bonds is 8. The van der Waals surface area contributed by atoms with E-state index in [0.29, 0.717) is 30.1 Å². The van der Waals surface area contributed by atoms with Crippen molar-refractivity contribution in [2.24, 2.45) is 46.3 Å². The molecule has 1 N–H and O–H groups in total. The van der Waals surface area contributed by atoms with Gasteiger partial charge in [0.25, 0.3) is 10.1 Å². The lowest BCUT2D eigenvalue weighted by Crippen LogP contribution is -2.63. The van der Waals surface area contributed by atoms with Gasteiger partial charge in [-0.1, -0.05) is 71.6 Å². The van der Waals surface area contributed by atoms with Crippen molar-refractivity contribution in [3.63, 3.8) is 0 Å². The first-order valence-electron chi connectivity index (χ1n) is 16.0. The molecule has 39 heavy (non-hydrogen) atoms. The molecule has 4 saturated carbocycles. The summed E-state index contributed by atoms with van der Waals surface area (Å²) in [5, 5.41) is 12.2. The molecule has 0 saturated heterocycles. The van der Waals surface area contributed by atoms with E-state index in [1.54, 1.807) is 24.3 Å². The Morgan fingerprint density at radius 1 is 0.923 bits per heavy atom. The first-order valence-corrected chi connectivity index (χ1v) is 17.4. The summed E-state index contributed by atoms with van der Waals surface area (Å²) in [6, 6.07) is 6.85. The van der Waals surface area contributed by atoms with Crippen LogP contribution in [0.15, 0.2) is 29.2 Å². The molecule has 220 valence electrons. The summed E-state index contributed by atoms with van der Waals surface area (Å²) in [5.74, 6) is 4.42. The maximum atomic E-state index is 13.0. The fourth-order valence-corrected chi connectivity index (χ4v) is 11.4. The molecular formula is C34H54O4S. The molecule has 4 nitrogen and oxygen atoms in total. The van der Waals surface area contributed by atoms with Crippen LogP contribution in [0, 0.1) is 53.3 Å². The predicted octanol–water partition coefficient (Wildman–Crippen LogP) is 8.31. The van der Waals surface area contributed by atoms with Crippen LogP contribution in [0.2, 0.25) is 0 Å². The number of aliphatic hydroxyl groups is 1. The van der Waals surface area contributed by atoms with Gasteiger partial charge in [-0.15, -0.1) is 0 Å². The second-order valence-corrected chi connectivity index (χ2v) is 16.7. The molecule has 4 fully saturated rings. The SMILES string of the molecule is Cc1ccc(S(=O)(=O)O[C@@H]2CC[C@]3(C)[C@H]4CC[C@]5(C)[C@@H]([C@H](C)CCCC(C)C)CC[C@H]5[C@@H]4CC[C@@]3(O)C2)cc1. The molecule has 0 aliphatic heterocycles. The van der Waals surface area contributed by atoms with Crippen LogP contribution >= 0.6 is 0 Å². The minimum atomic E-state index is -3.84. The molecule has 5 rings (SSSR count). The molecule has 0 unspecified atom stereocenters. The standard InChI is InChI=1S/C34H54O4S/c1-23(2)8-7-9-25(4)29-14-15-30-28-17-21-34(35)22-26(38-39(36,37)27-12-10-24(3)11-13-27)16-20-33(34,6)31(28)18-19-32(29,30)5/h10-13,23,25-26,28-31,35H,7-9,14-22H2,1-6H3/t25-,26-,28+,29-,30+,31+,32-,33-,34-/m1/s1. The summed E-state index contributed by atoms with van der Waals surface area (Å²) in [7, 11) is -3.84. The van der Waals surface area contributed by atoms with Crippen LogP contribution in [0.5, 0.6) is 0 Å². The van der Waals surface area contributed by atoms with E-state index < -0.39 is 21.8 Å². The van der Waals surface area contributed by atoms with Crippen molar-refractivity contribution < 1.29 is 17.7 Å². The van der Waals surface area contributed by atoms with Gasteiger partial charge < -0.3 is 5.11 Å². The van der Waals surface area contributed by atoms with Crippen LogP contribution in [0.25, 0.3) is 0 Å². The first kappa shape index (κ1) is 29.6. The fraction of sp³-hybridized carbons (Fsp3) is 0.824. The summed E-state index contributed by atoms with van der Waals surface area (Å²) in [4.78, 5) is 0.206. The average Bonchev–Trinajstić information content (AvgIpc) is 3.22. The van der Waals surface area contributed by atoms with E-state index in [-0.39, 0.29) is 10.3 Å². The summed E-state index contributed by atoms with van der Waals surface area (Å²) in [6.45, 7) is 14.1. The number of benzene rings is 1. The predicted molar refractivity (Wildman–Crippen MR) is 158 cm³/mol. The topological polar surface area (TPSA) is 63.6 Å². The first-order chi connectivity index (χ1) is 18.3. The largest absolute Gasteiger partial charge is 0.389 e. The maximum absolute atomic E-state index is 13.0. The molecule has 4 aliphatic carbocycles. The van der Waals surface area contributed by atoms with Gasteiger partial charge in [-0.3, -0.25) is 4.18 Å². The highest BCUT2D eigenvalue weighted by atomic mass is 32.2. The Kier molecular flexibility index (Phi) is 8.14. The summed E-state index contributed by atoms with van der Waals surface area (Å²) < 4.78 is 31.8. The summed E-state index contributed by atoms with van der Waals surface area (Å²) in [6.07, 6.45) is 12.6. The van der Waals surface area contributed by atoms with Gasteiger partial charge in [0.05, 0.1) is 16.6 Å². The van der Waals surface area contributed by atoms with E-state index in [2.05, 4.69) is 34.6 Å². The second-order valence-electron chi connectivity index (χ2n) is 15.1. The van der Waals surface area contributed by atoms with Crippen LogP contribution in [0.1, 0.15) is 117 Å². The zero-order chi connectivity index (χ0) is 28.2. The Balaban J connectivity index is 1.27. The molecule has 0 bridgehead atoms. The Labute approximate surface area is 238 Å². The van der Waals surface area contributed by atoms with Crippen molar-refractivity contribution in [3.8, 4) is 0 Å². The van der Waals surface area contributed by atoms with E-state index in [1.165, 1.54) is 44.9 Å². The van der Waals surface area contributed by atoms with Crippen molar-refractivity contribution >= 4 is 10.1 Å². The van der Waals surface area contributed by atoms with Gasteiger partial charge in [-0.2, -0.15) is 8.42 Å².